The predicted molar refractivity (Wildman–Crippen MR) is 98.3 cm³/mol. The van der Waals surface area contributed by atoms with Crippen molar-refractivity contribution in [3.63, 3.8) is 0 Å². The Kier molecular flexibility index (Phi) is 5.12. The summed E-state index contributed by atoms with van der Waals surface area (Å²) in [5.41, 5.74) is 2.55. The molecule has 0 spiro atoms. The van der Waals surface area contributed by atoms with Gasteiger partial charge in [0, 0.05) is 12.2 Å². The van der Waals surface area contributed by atoms with E-state index in [0.29, 0.717) is 30.2 Å². The average Bonchev–Trinajstić information content (AvgIpc) is 2.64. The molecule has 0 saturated carbocycles. The topological polar surface area (TPSA) is 50.8 Å². The SMILES string of the molecule is CCCN1C(=O)c2ccccc2N[C@H]1c1ccc(OC)c(OCC)c1. The number of rotatable bonds is 6. The minimum absolute atomic E-state index is 0.0509. The Hall–Kier alpha value is -2.69. The van der Waals surface area contributed by atoms with Crippen molar-refractivity contribution in [2.75, 3.05) is 25.6 Å². The van der Waals surface area contributed by atoms with Crippen molar-refractivity contribution in [3.05, 3.63) is 53.6 Å². The number of para-hydroxylation sites is 1. The highest BCUT2D eigenvalue weighted by Crippen LogP contribution is 2.36. The van der Waals surface area contributed by atoms with Crippen molar-refractivity contribution in [2.45, 2.75) is 26.4 Å². The Morgan fingerprint density at radius 2 is 1.92 bits per heavy atom. The van der Waals surface area contributed by atoms with Crippen LogP contribution < -0.4 is 14.8 Å². The van der Waals surface area contributed by atoms with Gasteiger partial charge < -0.3 is 19.7 Å². The van der Waals surface area contributed by atoms with Crippen LogP contribution in [0.5, 0.6) is 11.5 Å². The van der Waals surface area contributed by atoms with Crippen LogP contribution in [0.15, 0.2) is 42.5 Å². The van der Waals surface area contributed by atoms with Gasteiger partial charge in [-0.3, -0.25) is 4.79 Å². The van der Waals surface area contributed by atoms with Crippen molar-refractivity contribution < 1.29 is 14.3 Å². The smallest absolute Gasteiger partial charge is 0.257 e. The molecule has 5 heteroatoms. The van der Waals surface area contributed by atoms with Gasteiger partial charge in [0.1, 0.15) is 6.17 Å². The van der Waals surface area contributed by atoms with Crippen LogP contribution in [0.2, 0.25) is 0 Å². The van der Waals surface area contributed by atoms with Crippen molar-refractivity contribution >= 4 is 11.6 Å². The van der Waals surface area contributed by atoms with Gasteiger partial charge in [0.2, 0.25) is 0 Å². The quantitative estimate of drug-likeness (QED) is 0.861. The molecule has 1 N–H and O–H groups in total. The number of nitrogens with one attached hydrogen (secondary N) is 1. The molecule has 0 bridgehead atoms. The second kappa shape index (κ2) is 7.47. The van der Waals surface area contributed by atoms with Gasteiger partial charge in [-0.05, 0) is 43.2 Å². The lowest BCUT2D eigenvalue weighted by molar-refractivity contribution is 0.0683. The van der Waals surface area contributed by atoms with Crippen LogP contribution in [0, 0.1) is 0 Å². The van der Waals surface area contributed by atoms with Crippen LogP contribution in [0.25, 0.3) is 0 Å². The Morgan fingerprint density at radius 3 is 2.64 bits per heavy atom. The number of amides is 1. The summed E-state index contributed by atoms with van der Waals surface area (Å²) in [6.45, 7) is 5.25. The molecule has 2 aromatic carbocycles. The first-order chi connectivity index (χ1) is 12.2. The number of nitrogens with zero attached hydrogens (tertiary/aromatic N) is 1. The number of hydrogen-bond donors (Lipinski definition) is 1. The highest BCUT2D eigenvalue weighted by molar-refractivity contribution is 6.01. The molecule has 1 atom stereocenters. The highest BCUT2D eigenvalue weighted by Gasteiger charge is 2.32. The molecule has 0 saturated heterocycles. The summed E-state index contributed by atoms with van der Waals surface area (Å²) in [6, 6.07) is 13.4. The molecule has 0 unspecified atom stereocenters. The van der Waals surface area contributed by atoms with Crippen molar-refractivity contribution in [3.8, 4) is 11.5 Å². The Morgan fingerprint density at radius 1 is 1.12 bits per heavy atom. The zero-order chi connectivity index (χ0) is 17.8. The highest BCUT2D eigenvalue weighted by atomic mass is 16.5. The predicted octanol–water partition coefficient (Wildman–Crippen LogP) is 4.07. The van der Waals surface area contributed by atoms with E-state index in [4.69, 9.17) is 9.47 Å². The van der Waals surface area contributed by atoms with Gasteiger partial charge in [0.05, 0.1) is 19.3 Å². The summed E-state index contributed by atoms with van der Waals surface area (Å²) < 4.78 is 11.1. The van der Waals surface area contributed by atoms with Gasteiger partial charge >= 0.3 is 0 Å². The number of benzene rings is 2. The molecule has 1 aliphatic rings. The maximum atomic E-state index is 13.0. The van der Waals surface area contributed by atoms with Gasteiger partial charge in [-0.2, -0.15) is 0 Å². The summed E-state index contributed by atoms with van der Waals surface area (Å²) in [5.74, 6) is 1.43. The molecule has 0 aromatic heterocycles. The normalized spacial score (nSPS) is 16.2. The Balaban J connectivity index is 2.02. The van der Waals surface area contributed by atoms with Gasteiger partial charge in [-0.15, -0.1) is 0 Å². The number of carbonyl (C=O) groups is 1. The molecule has 25 heavy (non-hydrogen) atoms. The third-order valence-corrected chi connectivity index (χ3v) is 4.29. The second-order valence-electron chi connectivity index (χ2n) is 5.93. The molecular formula is C20H24N2O3. The molecule has 0 radical (unpaired) electrons. The molecule has 2 aromatic rings. The lowest BCUT2D eigenvalue weighted by Gasteiger charge is -2.38. The van der Waals surface area contributed by atoms with Crippen LogP contribution in [0.1, 0.15) is 42.4 Å². The van der Waals surface area contributed by atoms with Gasteiger partial charge in [0.25, 0.3) is 5.91 Å². The summed E-state index contributed by atoms with van der Waals surface area (Å²) in [4.78, 5) is 14.8. The number of methoxy groups -OCH3 is 1. The number of anilines is 1. The molecule has 132 valence electrons. The minimum Gasteiger partial charge on any atom is -0.493 e. The maximum Gasteiger partial charge on any atom is 0.257 e. The molecular weight excluding hydrogens is 316 g/mol. The third kappa shape index (κ3) is 3.27. The van der Waals surface area contributed by atoms with E-state index in [0.717, 1.165) is 17.7 Å². The van der Waals surface area contributed by atoms with Crippen LogP contribution in [-0.2, 0) is 0 Å². The number of fused-ring (bicyclic) bond motifs is 1. The Labute approximate surface area is 148 Å². The zero-order valence-electron chi connectivity index (χ0n) is 14.9. The lowest BCUT2D eigenvalue weighted by atomic mass is 10.0. The first-order valence-electron chi connectivity index (χ1n) is 8.66. The fourth-order valence-corrected chi connectivity index (χ4v) is 3.16. The maximum absolute atomic E-state index is 13.0. The molecule has 5 nitrogen and oxygen atoms in total. The summed E-state index contributed by atoms with van der Waals surface area (Å²) in [6.07, 6.45) is 0.660. The monoisotopic (exact) mass is 340 g/mol. The standard InChI is InChI=1S/C20H24N2O3/c1-4-12-22-19(21-16-9-7-6-8-15(16)20(22)23)14-10-11-17(24-3)18(13-14)25-5-2/h6-11,13,19,21H,4-5,12H2,1-3H3/t19-/m1/s1. The van der Waals surface area contributed by atoms with E-state index in [2.05, 4.69) is 12.2 Å². The molecule has 1 heterocycles. The Bertz CT molecular complexity index is 760. The molecule has 0 fully saturated rings. The number of carbonyl (C=O) groups excluding carboxylic acids is 1. The third-order valence-electron chi connectivity index (χ3n) is 4.29. The van der Waals surface area contributed by atoms with Crippen molar-refractivity contribution in [2.24, 2.45) is 0 Å². The summed E-state index contributed by atoms with van der Waals surface area (Å²) >= 11 is 0. The van der Waals surface area contributed by atoms with E-state index in [9.17, 15) is 4.79 Å². The van der Waals surface area contributed by atoms with Crippen molar-refractivity contribution in [1.82, 2.24) is 4.90 Å². The minimum atomic E-state index is -0.229. The zero-order valence-corrected chi connectivity index (χ0v) is 14.9. The van der Waals surface area contributed by atoms with Gasteiger partial charge in [-0.1, -0.05) is 25.1 Å². The van der Waals surface area contributed by atoms with Crippen LogP contribution in [0.3, 0.4) is 0 Å². The lowest BCUT2D eigenvalue weighted by Crippen LogP contribution is -2.43. The number of hydrogen-bond acceptors (Lipinski definition) is 4. The number of ether oxygens (including phenoxy) is 2. The molecule has 1 amide bonds. The molecule has 1 aliphatic heterocycles. The van der Waals surface area contributed by atoms with E-state index >= 15 is 0 Å². The molecule has 3 rings (SSSR count). The fourth-order valence-electron chi connectivity index (χ4n) is 3.16. The van der Waals surface area contributed by atoms with E-state index in [1.807, 2.05) is 54.3 Å². The average molecular weight is 340 g/mol. The summed E-state index contributed by atoms with van der Waals surface area (Å²) in [5, 5.41) is 3.49. The largest absolute Gasteiger partial charge is 0.493 e. The van der Waals surface area contributed by atoms with E-state index in [1.54, 1.807) is 7.11 Å². The van der Waals surface area contributed by atoms with E-state index in [-0.39, 0.29) is 12.1 Å². The van der Waals surface area contributed by atoms with Crippen molar-refractivity contribution in [1.29, 1.82) is 0 Å². The van der Waals surface area contributed by atoms with Crippen LogP contribution >= 0.6 is 0 Å². The van der Waals surface area contributed by atoms with E-state index in [1.165, 1.54) is 0 Å². The summed E-state index contributed by atoms with van der Waals surface area (Å²) in [7, 11) is 1.62. The van der Waals surface area contributed by atoms with Gasteiger partial charge in [0.15, 0.2) is 11.5 Å². The first-order valence-corrected chi connectivity index (χ1v) is 8.66. The first kappa shape index (κ1) is 17.1. The van der Waals surface area contributed by atoms with E-state index < -0.39 is 0 Å². The fraction of sp³-hybridized carbons (Fsp3) is 0.350. The second-order valence-corrected chi connectivity index (χ2v) is 5.93. The molecule has 0 aliphatic carbocycles. The van der Waals surface area contributed by atoms with Gasteiger partial charge in [-0.25, -0.2) is 0 Å². The van der Waals surface area contributed by atoms with Crippen LogP contribution in [0.4, 0.5) is 5.69 Å². The van der Waals surface area contributed by atoms with Crippen LogP contribution in [-0.4, -0.2) is 31.1 Å².